The maximum absolute atomic E-state index is 5.92. The van der Waals surface area contributed by atoms with Gasteiger partial charge in [0.15, 0.2) is 0 Å². The van der Waals surface area contributed by atoms with Crippen LogP contribution in [0.2, 0.25) is 5.02 Å². The zero-order valence-electron chi connectivity index (χ0n) is 7.77. The molecule has 0 amide bonds. The third-order valence-corrected chi connectivity index (χ3v) is 2.52. The SMILES string of the molecule is Cc1cc(Cl)cc(C)c1C=CCBr. The summed E-state index contributed by atoms with van der Waals surface area (Å²) in [6.45, 7) is 4.15. The molecule has 0 heterocycles. The van der Waals surface area contributed by atoms with E-state index in [2.05, 4.69) is 41.9 Å². The maximum atomic E-state index is 5.92. The van der Waals surface area contributed by atoms with Crippen LogP contribution in [0.5, 0.6) is 0 Å². The third kappa shape index (κ3) is 2.85. The minimum atomic E-state index is 0.811. The van der Waals surface area contributed by atoms with E-state index in [1.807, 2.05) is 12.1 Å². The Hall–Kier alpha value is -0.270. The van der Waals surface area contributed by atoms with Crippen molar-refractivity contribution in [3.05, 3.63) is 39.9 Å². The van der Waals surface area contributed by atoms with Gasteiger partial charge in [0.1, 0.15) is 0 Å². The van der Waals surface area contributed by atoms with Crippen molar-refractivity contribution in [1.29, 1.82) is 0 Å². The van der Waals surface area contributed by atoms with Crippen molar-refractivity contribution in [2.75, 3.05) is 5.33 Å². The summed E-state index contributed by atoms with van der Waals surface area (Å²) in [6.07, 6.45) is 4.21. The van der Waals surface area contributed by atoms with E-state index in [0.29, 0.717) is 0 Å². The van der Waals surface area contributed by atoms with E-state index in [4.69, 9.17) is 11.6 Å². The number of aryl methyl sites for hydroxylation is 2. The van der Waals surface area contributed by atoms with E-state index >= 15 is 0 Å². The van der Waals surface area contributed by atoms with Crippen LogP contribution in [0.3, 0.4) is 0 Å². The second kappa shape index (κ2) is 4.83. The van der Waals surface area contributed by atoms with Gasteiger partial charge in [-0.25, -0.2) is 0 Å². The summed E-state index contributed by atoms with van der Waals surface area (Å²) < 4.78 is 0. The molecule has 0 aromatic heterocycles. The van der Waals surface area contributed by atoms with Gasteiger partial charge in [0, 0.05) is 10.4 Å². The smallest absolute Gasteiger partial charge is 0.0411 e. The van der Waals surface area contributed by atoms with E-state index in [-0.39, 0.29) is 0 Å². The zero-order chi connectivity index (χ0) is 9.84. The molecule has 0 radical (unpaired) electrons. The first kappa shape index (κ1) is 10.8. The normalized spacial score (nSPS) is 11.1. The molecule has 0 N–H and O–H groups in total. The Kier molecular flexibility index (Phi) is 4.01. The molecule has 0 aliphatic carbocycles. The molecule has 0 bridgehead atoms. The molecule has 1 aromatic carbocycles. The first-order valence-electron chi connectivity index (χ1n) is 4.14. The average molecular weight is 260 g/mol. The highest BCUT2D eigenvalue weighted by molar-refractivity contribution is 9.09. The van der Waals surface area contributed by atoms with Crippen molar-refractivity contribution in [2.45, 2.75) is 13.8 Å². The molecule has 0 saturated heterocycles. The fourth-order valence-corrected chi connectivity index (χ4v) is 1.86. The minimum Gasteiger partial charge on any atom is -0.0883 e. The Labute approximate surface area is 92.7 Å². The molecule has 0 spiro atoms. The lowest BCUT2D eigenvalue weighted by molar-refractivity contribution is 1.35. The van der Waals surface area contributed by atoms with Crippen molar-refractivity contribution in [3.8, 4) is 0 Å². The maximum Gasteiger partial charge on any atom is 0.0411 e. The number of hydrogen-bond donors (Lipinski definition) is 0. The second-order valence-corrected chi connectivity index (χ2v) is 4.09. The number of benzene rings is 1. The summed E-state index contributed by atoms with van der Waals surface area (Å²) in [7, 11) is 0. The molecule has 70 valence electrons. The van der Waals surface area contributed by atoms with Gasteiger partial charge in [0.25, 0.3) is 0 Å². The van der Waals surface area contributed by atoms with Gasteiger partial charge in [-0.05, 0) is 42.7 Å². The van der Waals surface area contributed by atoms with Crippen LogP contribution in [-0.4, -0.2) is 5.33 Å². The lowest BCUT2D eigenvalue weighted by Gasteiger charge is -2.05. The van der Waals surface area contributed by atoms with E-state index in [0.717, 1.165) is 10.4 Å². The molecule has 13 heavy (non-hydrogen) atoms. The van der Waals surface area contributed by atoms with Gasteiger partial charge in [-0.2, -0.15) is 0 Å². The molecule has 0 aliphatic rings. The van der Waals surface area contributed by atoms with Crippen molar-refractivity contribution in [3.63, 3.8) is 0 Å². The van der Waals surface area contributed by atoms with Crippen molar-refractivity contribution in [1.82, 2.24) is 0 Å². The number of rotatable bonds is 2. The van der Waals surface area contributed by atoms with Crippen molar-refractivity contribution >= 4 is 33.6 Å². The van der Waals surface area contributed by atoms with Crippen LogP contribution in [0.15, 0.2) is 18.2 Å². The van der Waals surface area contributed by atoms with Crippen LogP contribution in [0.25, 0.3) is 6.08 Å². The quantitative estimate of drug-likeness (QED) is 0.692. The molecule has 0 nitrogen and oxygen atoms in total. The molecule has 2 heteroatoms. The summed E-state index contributed by atoms with van der Waals surface area (Å²) in [5, 5.41) is 1.69. The predicted molar refractivity (Wildman–Crippen MR) is 63.8 cm³/mol. The number of hydrogen-bond acceptors (Lipinski definition) is 0. The van der Waals surface area contributed by atoms with Crippen LogP contribution in [0.4, 0.5) is 0 Å². The monoisotopic (exact) mass is 258 g/mol. The summed E-state index contributed by atoms with van der Waals surface area (Å²) in [4.78, 5) is 0. The zero-order valence-corrected chi connectivity index (χ0v) is 10.1. The Morgan fingerprint density at radius 2 is 1.85 bits per heavy atom. The number of halogens is 2. The van der Waals surface area contributed by atoms with Crippen LogP contribution < -0.4 is 0 Å². The molecule has 1 rings (SSSR count). The van der Waals surface area contributed by atoms with E-state index in [1.165, 1.54) is 16.7 Å². The molecule has 0 fully saturated rings. The summed E-state index contributed by atoms with van der Waals surface area (Å²) in [6, 6.07) is 3.98. The molecular formula is C11H12BrCl. The number of alkyl halides is 1. The Morgan fingerprint density at radius 3 is 2.31 bits per heavy atom. The molecular weight excluding hydrogens is 247 g/mol. The molecule has 1 aromatic rings. The Bertz CT molecular complexity index is 306. The van der Waals surface area contributed by atoms with Gasteiger partial charge in [-0.15, -0.1) is 0 Å². The van der Waals surface area contributed by atoms with Gasteiger partial charge in [-0.3, -0.25) is 0 Å². The van der Waals surface area contributed by atoms with Crippen LogP contribution in [0.1, 0.15) is 16.7 Å². The van der Waals surface area contributed by atoms with Crippen LogP contribution in [0, 0.1) is 13.8 Å². The van der Waals surface area contributed by atoms with Gasteiger partial charge in [0.05, 0.1) is 0 Å². The highest BCUT2D eigenvalue weighted by Gasteiger charge is 2.00. The highest BCUT2D eigenvalue weighted by Crippen LogP contribution is 2.21. The van der Waals surface area contributed by atoms with E-state index in [1.54, 1.807) is 0 Å². The largest absolute Gasteiger partial charge is 0.0883 e. The minimum absolute atomic E-state index is 0.811. The first-order chi connectivity index (χ1) is 6.15. The first-order valence-corrected chi connectivity index (χ1v) is 5.64. The standard InChI is InChI=1S/C11H12BrCl/c1-8-6-10(13)7-9(2)11(8)4-3-5-12/h3-4,6-7H,5H2,1-2H3. The average Bonchev–Trinajstić information content (AvgIpc) is 2.02. The van der Waals surface area contributed by atoms with Gasteiger partial charge in [-0.1, -0.05) is 39.7 Å². The van der Waals surface area contributed by atoms with Crippen molar-refractivity contribution < 1.29 is 0 Å². The van der Waals surface area contributed by atoms with Crippen LogP contribution >= 0.6 is 27.5 Å². The van der Waals surface area contributed by atoms with Crippen molar-refractivity contribution in [2.24, 2.45) is 0 Å². The van der Waals surface area contributed by atoms with E-state index < -0.39 is 0 Å². The molecule has 0 aliphatic heterocycles. The fourth-order valence-electron chi connectivity index (χ4n) is 1.35. The lowest BCUT2D eigenvalue weighted by Crippen LogP contribution is -1.86. The van der Waals surface area contributed by atoms with Gasteiger partial charge in [0.2, 0.25) is 0 Å². The molecule has 0 unspecified atom stereocenters. The Morgan fingerprint density at radius 1 is 1.31 bits per heavy atom. The van der Waals surface area contributed by atoms with Crippen LogP contribution in [-0.2, 0) is 0 Å². The fraction of sp³-hybridized carbons (Fsp3) is 0.273. The topological polar surface area (TPSA) is 0 Å². The second-order valence-electron chi connectivity index (χ2n) is 3.01. The number of allylic oxidation sites excluding steroid dienone is 1. The highest BCUT2D eigenvalue weighted by atomic mass is 79.9. The van der Waals surface area contributed by atoms with Gasteiger partial charge >= 0.3 is 0 Å². The summed E-state index contributed by atoms with van der Waals surface area (Å²) in [5.41, 5.74) is 3.72. The van der Waals surface area contributed by atoms with E-state index in [9.17, 15) is 0 Å². The third-order valence-electron chi connectivity index (χ3n) is 1.93. The Balaban J connectivity index is 3.13. The summed E-state index contributed by atoms with van der Waals surface area (Å²) >= 11 is 9.28. The molecule has 0 saturated carbocycles. The predicted octanol–water partition coefficient (Wildman–Crippen LogP) is 4.36. The molecule has 0 atom stereocenters. The summed E-state index contributed by atoms with van der Waals surface area (Å²) in [5.74, 6) is 0. The lowest BCUT2D eigenvalue weighted by atomic mass is 10.0. The van der Waals surface area contributed by atoms with Gasteiger partial charge < -0.3 is 0 Å².